The maximum Gasteiger partial charge on any atom is 0.250 e. The van der Waals surface area contributed by atoms with Crippen LogP contribution in [-0.4, -0.2) is 6.71 Å². The molecule has 3 rings (SSSR count). The highest BCUT2D eigenvalue weighted by atomic mass is 79.9. The molecule has 0 heterocycles. The van der Waals surface area contributed by atoms with Gasteiger partial charge in [0, 0.05) is 53.7 Å². The monoisotopic (exact) mass is 1260 g/mol. The van der Waals surface area contributed by atoms with Crippen LogP contribution in [0.25, 0.3) is 0 Å². The van der Waals surface area contributed by atoms with E-state index in [1.165, 1.54) is 16.7 Å². The molecule has 3 aromatic carbocycles. The lowest BCUT2D eigenvalue weighted by molar-refractivity contribution is 1.11. The van der Waals surface area contributed by atoms with Gasteiger partial charge in [0.05, 0.1) is 0 Å². The van der Waals surface area contributed by atoms with Crippen LogP contribution in [0.15, 0.2) is 53.7 Å². The van der Waals surface area contributed by atoms with Crippen LogP contribution in [0.1, 0.15) is 37.5 Å². The summed E-state index contributed by atoms with van der Waals surface area (Å²) in [5.74, 6) is 0. The molecule has 0 saturated heterocycles. The Morgan fingerprint density at radius 1 is 0.324 bits per heavy atom. The van der Waals surface area contributed by atoms with E-state index < -0.39 is 0 Å². The van der Waals surface area contributed by atoms with Crippen molar-refractivity contribution in [1.82, 2.24) is 0 Å². The quantitative estimate of drug-likeness (QED) is 0.131. The lowest BCUT2D eigenvalue weighted by Crippen LogP contribution is -2.56. The maximum absolute atomic E-state index is 4.02. The number of rotatable bonds is 6. The molecule has 0 aliphatic rings. The summed E-state index contributed by atoms with van der Waals surface area (Å²) in [6.45, 7) is 6.30. The number of hydrogen-bond acceptors (Lipinski definition) is 0. The largest absolute Gasteiger partial charge is 0.250 e. The molecule has 0 aromatic heterocycles. The van der Waals surface area contributed by atoms with Crippen LogP contribution < -0.4 is 16.4 Å². The number of hydrogen-bond donors (Lipinski definition) is 0. The first-order chi connectivity index (χ1) is 17.3. The third-order valence-corrected chi connectivity index (χ3v) is 19.5. The molecule has 0 aliphatic carbocycles. The van der Waals surface area contributed by atoms with Gasteiger partial charge in [0.15, 0.2) is 0 Å². The molecule has 0 spiro atoms. The van der Waals surface area contributed by atoms with Crippen molar-refractivity contribution in [2.24, 2.45) is 0 Å². The van der Waals surface area contributed by atoms with Crippen molar-refractivity contribution < 1.29 is 0 Å². The first kappa shape index (κ1) is 35.0. The minimum absolute atomic E-state index is 0.199. The Labute approximate surface area is 319 Å². The highest BCUT2D eigenvalue weighted by Gasteiger charge is 2.38. The van der Waals surface area contributed by atoms with Crippen LogP contribution in [0.4, 0.5) is 0 Å². The molecular formula is C24H15BBr12. The van der Waals surface area contributed by atoms with E-state index in [4.69, 9.17) is 0 Å². The molecule has 0 aliphatic heterocycles. The summed E-state index contributed by atoms with van der Waals surface area (Å²) in [4.78, 5) is 0. The highest BCUT2D eigenvalue weighted by Crippen LogP contribution is 2.43. The smallest absolute Gasteiger partial charge is 0.0612 e. The van der Waals surface area contributed by atoms with Gasteiger partial charge in [0.2, 0.25) is 6.71 Å². The summed E-state index contributed by atoms with van der Waals surface area (Å²) in [6, 6.07) is 0. The van der Waals surface area contributed by atoms with Gasteiger partial charge in [0.25, 0.3) is 0 Å². The molecule has 0 radical (unpaired) electrons. The number of halogens is 12. The molecule has 3 aromatic rings. The predicted octanol–water partition coefficient (Wildman–Crippen LogP) is 13.0. The third kappa shape index (κ3) is 6.35. The van der Waals surface area contributed by atoms with Gasteiger partial charge >= 0.3 is 0 Å². The first-order valence-electron chi connectivity index (χ1n) is 10.8. The Morgan fingerprint density at radius 2 is 0.541 bits per heavy atom. The van der Waals surface area contributed by atoms with Crippen molar-refractivity contribution in [1.29, 1.82) is 0 Å². The van der Waals surface area contributed by atoms with Crippen LogP contribution in [0.2, 0.25) is 0 Å². The second-order valence-electron chi connectivity index (χ2n) is 7.94. The summed E-state index contributed by atoms with van der Waals surface area (Å²) in [5, 5.41) is 0. The minimum Gasteiger partial charge on any atom is -0.0612 e. The van der Waals surface area contributed by atoms with Gasteiger partial charge in [0.1, 0.15) is 0 Å². The third-order valence-electron chi connectivity index (χ3n) is 6.09. The minimum atomic E-state index is -0.199. The molecular weight excluding hydrogens is 1260 g/mol. The second kappa shape index (κ2) is 14.5. The Kier molecular flexibility index (Phi) is 13.7. The van der Waals surface area contributed by atoms with Gasteiger partial charge in [-0.1, -0.05) is 116 Å². The van der Waals surface area contributed by atoms with Gasteiger partial charge in [-0.15, -0.1) is 0 Å². The Balaban J connectivity index is 2.71. The van der Waals surface area contributed by atoms with Gasteiger partial charge in [-0.25, -0.2) is 0 Å². The fraction of sp³-hybridized carbons (Fsp3) is 0.250. The average Bonchev–Trinajstić information content (AvgIpc) is 2.86. The molecule has 0 atom stereocenters. The summed E-state index contributed by atoms with van der Waals surface area (Å²) in [6.07, 6.45) is 2.56. The molecule has 198 valence electrons. The van der Waals surface area contributed by atoms with Gasteiger partial charge in [-0.3, -0.25) is 0 Å². The van der Waals surface area contributed by atoms with Crippen molar-refractivity contribution in [3.05, 3.63) is 70.4 Å². The van der Waals surface area contributed by atoms with E-state index >= 15 is 0 Å². The zero-order valence-corrected chi connectivity index (χ0v) is 38.3. The fourth-order valence-corrected chi connectivity index (χ4v) is 14.6. The molecule has 37 heavy (non-hydrogen) atoms. The topological polar surface area (TPSA) is 0 Å². The lowest BCUT2D eigenvalue weighted by Gasteiger charge is -2.29. The molecule has 0 bridgehead atoms. The first-order valence-corrected chi connectivity index (χ1v) is 20.3. The van der Waals surface area contributed by atoms with E-state index in [1.54, 1.807) is 0 Å². The van der Waals surface area contributed by atoms with Gasteiger partial charge in [-0.05, 0) is 148 Å². The molecule has 0 amide bonds. The molecule has 0 nitrogen and oxygen atoms in total. The fourth-order valence-electron chi connectivity index (χ4n) is 4.23. The van der Waals surface area contributed by atoms with Crippen molar-refractivity contribution in [3.63, 3.8) is 0 Å². The van der Waals surface area contributed by atoms with E-state index in [9.17, 15) is 0 Å². The Bertz CT molecular complexity index is 1250. The van der Waals surface area contributed by atoms with Crippen LogP contribution in [-0.2, 0) is 19.3 Å². The molecule has 13 heteroatoms. The van der Waals surface area contributed by atoms with Crippen LogP contribution in [0.3, 0.4) is 0 Å². The summed E-state index contributed by atoms with van der Waals surface area (Å²) >= 11 is 47.0. The zero-order valence-electron chi connectivity index (χ0n) is 19.2. The van der Waals surface area contributed by atoms with Crippen molar-refractivity contribution in [2.45, 2.75) is 40.0 Å². The van der Waals surface area contributed by atoms with Crippen LogP contribution in [0, 0.1) is 0 Å². The average molecular weight is 1270 g/mol. The van der Waals surface area contributed by atoms with E-state index in [0.29, 0.717) is 0 Å². The number of benzene rings is 3. The highest BCUT2D eigenvalue weighted by molar-refractivity contribution is 9.15. The zero-order chi connectivity index (χ0) is 28.1. The molecule has 0 N–H and O–H groups in total. The van der Waals surface area contributed by atoms with E-state index in [1.807, 2.05) is 0 Å². The van der Waals surface area contributed by atoms with Gasteiger partial charge < -0.3 is 0 Å². The maximum atomic E-state index is 4.02. The summed E-state index contributed by atoms with van der Waals surface area (Å²) in [7, 11) is 0. The Hall–Kier alpha value is 3.48. The van der Waals surface area contributed by atoms with Gasteiger partial charge in [-0.2, -0.15) is 0 Å². The van der Waals surface area contributed by atoms with Crippen molar-refractivity contribution in [3.8, 4) is 0 Å². The lowest BCUT2D eigenvalue weighted by atomic mass is 9.36. The van der Waals surface area contributed by atoms with Crippen molar-refractivity contribution >= 4 is 214 Å². The van der Waals surface area contributed by atoms with E-state index in [2.05, 4.69) is 212 Å². The van der Waals surface area contributed by atoms with Crippen LogP contribution in [0.5, 0.6) is 0 Å². The SMILES string of the molecule is CCc1c(Br)c(Br)c(Br)c(B(c2c(Br)c(Br)c(Br)c(CC)c2Br)c2c(Br)c(Br)c(Br)c(CC)c2Br)c1Br. The summed E-state index contributed by atoms with van der Waals surface area (Å²) in [5.41, 5.74) is 6.90. The molecule has 0 saturated carbocycles. The second-order valence-corrected chi connectivity index (χ2v) is 17.5. The van der Waals surface area contributed by atoms with E-state index in [-0.39, 0.29) is 6.71 Å². The van der Waals surface area contributed by atoms with Crippen molar-refractivity contribution in [2.75, 3.05) is 0 Å². The Morgan fingerprint density at radius 3 is 0.730 bits per heavy atom. The predicted molar refractivity (Wildman–Crippen MR) is 205 cm³/mol. The normalized spacial score (nSPS) is 11.4. The van der Waals surface area contributed by atoms with E-state index in [0.717, 1.165) is 89.3 Å². The summed E-state index contributed by atoms with van der Waals surface area (Å²) < 4.78 is 12.1. The molecule has 0 fully saturated rings. The molecule has 0 unspecified atom stereocenters. The standard InChI is InChI=1S/C24H15BBr12/c1-4-7-13(26)10(19(32)22(35)16(7)29)25(11-14(27)8(5-2)17(30)23(36)20(11)33)12-15(28)9(6-3)18(31)24(37)21(12)34/h4-6H2,1-3H3. The van der Waals surface area contributed by atoms with Crippen LogP contribution >= 0.6 is 191 Å².